The lowest BCUT2D eigenvalue weighted by atomic mass is 9.73. The zero-order valence-electron chi connectivity index (χ0n) is 59.9. The summed E-state index contributed by atoms with van der Waals surface area (Å²) in [5.41, 5.74) is -20.0. The van der Waals surface area contributed by atoms with Gasteiger partial charge in [-0.2, -0.15) is 0 Å². The van der Waals surface area contributed by atoms with Crippen LogP contribution in [0.25, 0.3) is 22.3 Å². The number of aliphatic hydroxyl groups excluding tert-OH is 1. The maximum atomic E-state index is 15.8. The Labute approximate surface area is 670 Å². The first-order valence-corrected chi connectivity index (χ1v) is 33.9. The molecule has 0 amide bonds. The van der Waals surface area contributed by atoms with Crippen LogP contribution in [0.1, 0.15) is 110 Å². The predicted octanol–water partition coefficient (Wildman–Crippen LogP) is 2.45. The van der Waals surface area contributed by atoms with Gasteiger partial charge in [0.2, 0.25) is 41.1 Å². The Bertz CT molecular complexity index is 5990. The van der Waals surface area contributed by atoms with Gasteiger partial charge in [-0.3, -0.25) is 0 Å². The van der Waals surface area contributed by atoms with Gasteiger partial charge < -0.3 is 190 Å². The first kappa shape index (κ1) is 82.7. The molecule has 28 N–H and O–H groups in total. The number of fused-ring (bicyclic) bond motifs is 7. The molecule has 47 nitrogen and oxygen atoms in total. The van der Waals surface area contributed by atoms with Gasteiger partial charge in [0, 0.05) is 33.4 Å². The second-order valence-corrected chi connectivity index (χ2v) is 26.7. The van der Waals surface area contributed by atoms with E-state index >= 15 is 19.2 Å². The van der Waals surface area contributed by atoms with Gasteiger partial charge in [0.15, 0.2) is 157 Å². The third-order valence-corrected chi connectivity index (χ3v) is 19.3. The number of hydrogen-bond acceptors (Lipinski definition) is 47. The minimum Gasteiger partial charge on any atom is -0.504 e. The second-order valence-electron chi connectivity index (χ2n) is 26.7. The maximum Gasteiger partial charge on any atom is 0.340 e. The van der Waals surface area contributed by atoms with Gasteiger partial charge in [-0.1, -0.05) is 0 Å². The van der Waals surface area contributed by atoms with E-state index in [0.717, 1.165) is 0 Å². The number of phenols is 27. The summed E-state index contributed by atoms with van der Waals surface area (Å²) in [6, 6.07) is 3.84. The molecular weight excluding hydrogens is 1650 g/mol. The second kappa shape index (κ2) is 30.4. The highest BCUT2D eigenvalue weighted by Gasteiger charge is 2.58. The zero-order chi connectivity index (χ0) is 89.2. The first-order chi connectivity index (χ1) is 57.3. The minimum absolute atomic E-state index is 0.0831. The lowest BCUT2D eigenvalue weighted by molar-refractivity contribution is -0.282. The van der Waals surface area contributed by atoms with E-state index in [1.807, 2.05) is 0 Å². The van der Waals surface area contributed by atoms with Crippen molar-refractivity contribution in [2.24, 2.45) is 0 Å². The first-order valence-electron chi connectivity index (χ1n) is 33.9. The van der Waals surface area contributed by atoms with Crippen LogP contribution in [0.4, 0.5) is 0 Å². The Morgan fingerprint density at radius 2 is 0.631 bits per heavy atom. The smallest absolute Gasteiger partial charge is 0.340 e. The Balaban J connectivity index is 1.02. The van der Waals surface area contributed by atoms with Crippen molar-refractivity contribution in [1.29, 1.82) is 0 Å². The summed E-state index contributed by atoms with van der Waals surface area (Å²) in [7, 11) is 0. The van der Waals surface area contributed by atoms with Crippen LogP contribution in [-0.2, 0) is 47.4 Å². The van der Waals surface area contributed by atoms with E-state index in [-0.39, 0.29) is 18.2 Å². The fourth-order valence-electron chi connectivity index (χ4n) is 13.6. The van der Waals surface area contributed by atoms with Gasteiger partial charge in [-0.25, -0.2) is 43.2 Å². The van der Waals surface area contributed by atoms with Crippen LogP contribution in [0.2, 0.25) is 0 Å². The quantitative estimate of drug-likeness (QED) is 0.0448. The third kappa shape index (κ3) is 13.9. The molecule has 47 heteroatoms. The Hall–Kier alpha value is -17.3. The van der Waals surface area contributed by atoms with Crippen molar-refractivity contribution in [1.82, 2.24) is 0 Å². The van der Waals surface area contributed by atoms with Crippen LogP contribution in [0.5, 0.6) is 155 Å². The summed E-state index contributed by atoms with van der Waals surface area (Å²) in [5.74, 6) is -62.4. The highest BCUT2D eigenvalue weighted by Crippen LogP contribution is 2.62. The van der Waals surface area contributed by atoms with Crippen LogP contribution in [-0.4, -0.2) is 265 Å². The molecule has 10 atom stereocenters. The van der Waals surface area contributed by atoms with Crippen molar-refractivity contribution in [3.63, 3.8) is 0 Å². The molecule has 1 saturated heterocycles. The topological polar surface area (TPSA) is 812 Å². The Kier molecular flexibility index (Phi) is 20.6. The average Bonchev–Trinajstić information content (AvgIpc) is 0.705. The molecule has 4 heterocycles. The largest absolute Gasteiger partial charge is 0.504 e. The van der Waals surface area contributed by atoms with Crippen molar-refractivity contribution in [3.05, 3.63) is 134 Å². The highest BCUT2D eigenvalue weighted by atomic mass is 16.8. The molecular formula is C75H54O47. The number of cyclic esters (lactones) is 3. The van der Waals surface area contributed by atoms with Crippen molar-refractivity contribution >= 4 is 53.7 Å². The van der Waals surface area contributed by atoms with Crippen LogP contribution < -0.4 is 0 Å². The molecule has 1 fully saturated rings. The van der Waals surface area contributed by atoms with Crippen LogP contribution in [0.3, 0.4) is 0 Å². The molecule has 9 aromatic rings. The molecule has 0 spiro atoms. The molecule has 0 aliphatic carbocycles. The molecule has 122 heavy (non-hydrogen) atoms. The summed E-state index contributed by atoms with van der Waals surface area (Å²) in [6.07, 6.45) is -27.2. The van der Waals surface area contributed by atoms with E-state index in [1.165, 1.54) is 0 Å². The Morgan fingerprint density at radius 1 is 0.303 bits per heavy atom. The van der Waals surface area contributed by atoms with Gasteiger partial charge in [0.05, 0.1) is 56.0 Å². The number of rotatable bonds is 13. The third-order valence-electron chi connectivity index (χ3n) is 19.3. The standard InChI is InChI=1S/C75H54O47/c76-23-1-15(2-24(77)45(23)89)66(104)117-61-36(115-75(122-69(107)18-7-29(82)48(92)30(83)8-18)65(121-68(106)17-5-27(80)47(91)28(81)6-17)64(61)119-67(105)16-3-25(78)46(90)26(79)4-16)14-114-71(109)20-10-32(85)52(96)56(100)40(20)43-42-44-41(57(101)59(103)58(42)102)39-22(12-34(87)51(95)55(39)99)73(111)120-63(62(43)118-74(44)112)60-35(88)13-113-70(108)19-9-31(84)49(93)53(97)37(19)38-21(72(110)116-60)11-33(86)50(94)54(38)98/h1-12,35-36,43,60-65,75-103H,13-14H2/t35-,36-,43+,60-,61+,62+,63+,64+,65-,75+/m0/s1. The molecule has 0 radical (unpaired) electrons. The fourth-order valence-corrected chi connectivity index (χ4v) is 13.6. The molecule has 0 aromatic heterocycles. The normalized spacial score (nSPS) is 19.7. The minimum atomic E-state index is -3.25. The number of phenolic OH excluding ortho intramolecular Hbond substituents is 27. The maximum absolute atomic E-state index is 15.8. The number of aromatic hydroxyl groups is 27. The van der Waals surface area contributed by atoms with Gasteiger partial charge in [-0.15, -0.1) is 0 Å². The van der Waals surface area contributed by atoms with E-state index in [1.54, 1.807) is 0 Å². The molecule has 0 saturated carbocycles. The summed E-state index contributed by atoms with van der Waals surface area (Å²) in [4.78, 5) is 134. The van der Waals surface area contributed by atoms with Crippen molar-refractivity contribution in [3.8, 4) is 177 Å². The monoisotopic (exact) mass is 1710 g/mol. The van der Waals surface area contributed by atoms with Gasteiger partial charge >= 0.3 is 53.7 Å². The molecule has 4 aliphatic rings. The van der Waals surface area contributed by atoms with E-state index in [2.05, 4.69) is 0 Å². The Morgan fingerprint density at radius 3 is 1.06 bits per heavy atom. The van der Waals surface area contributed by atoms with Crippen molar-refractivity contribution < 1.29 is 234 Å². The van der Waals surface area contributed by atoms with E-state index in [4.69, 9.17) is 47.4 Å². The molecule has 13 rings (SSSR count). The zero-order valence-corrected chi connectivity index (χ0v) is 59.9. The number of aliphatic hydroxyl groups is 1. The number of esters is 9. The van der Waals surface area contributed by atoms with Crippen molar-refractivity contribution in [2.45, 2.75) is 61.0 Å². The molecule has 2 bridgehead atoms. The number of hydrogen-bond donors (Lipinski definition) is 28. The molecule has 0 unspecified atom stereocenters. The van der Waals surface area contributed by atoms with Gasteiger partial charge in [-0.05, 0) is 72.8 Å². The lowest BCUT2D eigenvalue weighted by Gasteiger charge is -2.44. The number of benzene rings is 9. The fraction of sp³-hybridized carbons (Fsp3) is 0.160. The number of carbonyl (C=O) groups excluding carboxylic acids is 9. The number of carbonyl (C=O) groups is 9. The highest BCUT2D eigenvalue weighted by molar-refractivity contribution is 6.12. The van der Waals surface area contributed by atoms with E-state index in [0.29, 0.717) is 54.6 Å². The summed E-state index contributed by atoms with van der Waals surface area (Å²) in [6.45, 7) is -3.62. The molecule has 4 aliphatic heterocycles. The van der Waals surface area contributed by atoms with E-state index < -0.39 is 367 Å². The van der Waals surface area contributed by atoms with E-state index in [9.17, 15) is 167 Å². The summed E-state index contributed by atoms with van der Waals surface area (Å²) >= 11 is 0. The lowest BCUT2D eigenvalue weighted by Crippen LogP contribution is -2.63. The van der Waals surface area contributed by atoms with Crippen LogP contribution >= 0.6 is 0 Å². The molecule has 9 aromatic carbocycles. The van der Waals surface area contributed by atoms with Crippen LogP contribution in [0.15, 0.2) is 72.8 Å². The summed E-state index contributed by atoms with van der Waals surface area (Å²) in [5, 5.41) is 310. The SMILES string of the molecule is O=C(O[C@H]1O[C@@H](COC(=O)c2cc(O)c(O)c(O)c2[C@@H]2c3c(O)c(O)c(O)c4c3C(=O)O[C@H]2[C@@H]([C@H]2OC(=O)c3cc(O)c(O)c(O)c3-c3c(cc(O)c(O)c3O)C(=O)OC[C@@H]2O)OC(=O)c2cc(O)c(O)c(O)c2-4)[C@@H](OC(=O)c2cc(O)c(O)c(O)c2)[C@@H](OC(=O)c2cc(O)c(O)c(O)c2)[C@@H]1OC(=O)c1cc(O)c(O)c(O)c1)c1cc(O)c(O)c(O)c1. The summed E-state index contributed by atoms with van der Waals surface area (Å²) < 4.78 is 57.1. The molecule has 636 valence electrons. The van der Waals surface area contributed by atoms with Gasteiger partial charge in [0.1, 0.15) is 25.4 Å². The van der Waals surface area contributed by atoms with Gasteiger partial charge in [0.25, 0.3) is 0 Å². The van der Waals surface area contributed by atoms with Crippen LogP contribution in [0, 0.1) is 0 Å². The predicted molar refractivity (Wildman–Crippen MR) is 379 cm³/mol. The van der Waals surface area contributed by atoms with Crippen molar-refractivity contribution in [2.75, 3.05) is 13.2 Å². The number of ether oxygens (including phenoxy) is 10. The average molecular weight is 1710 g/mol.